The first-order valence-electron chi connectivity index (χ1n) is 8.16. The van der Waals surface area contributed by atoms with Gasteiger partial charge in [0.1, 0.15) is 5.69 Å². The molecule has 0 aliphatic heterocycles. The largest absolute Gasteiger partial charge is 0.351 e. The van der Waals surface area contributed by atoms with Crippen LogP contribution in [0.2, 0.25) is 0 Å². The Morgan fingerprint density at radius 1 is 1.17 bits per heavy atom. The SMILES string of the molecule is CCCCCNC(=O)c1cc(C)nc(Nc2ccc(Br)cc2C)n1. The molecule has 0 bridgehead atoms. The van der Waals surface area contributed by atoms with E-state index in [1.807, 2.05) is 32.0 Å². The number of carbonyl (C=O) groups is 1. The lowest BCUT2D eigenvalue weighted by Crippen LogP contribution is -2.26. The van der Waals surface area contributed by atoms with Crippen LogP contribution in [0.25, 0.3) is 0 Å². The second-order valence-electron chi connectivity index (χ2n) is 5.77. The number of nitrogens with one attached hydrogen (secondary N) is 2. The monoisotopic (exact) mass is 390 g/mol. The van der Waals surface area contributed by atoms with Gasteiger partial charge in [-0.25, -0.2) is 9.97 Å². The van der Waals surface area contributed by atoms with Gasteiger partial charge in [0.2, 0.25) is 5.95 Å². The molecule has 0 aliphatic rings. The Hall–Kier alpha value is -1.95. The van der Waals surface area contributed by atoms with Crippen molar-refractivity contribution in [3.8, 4) is 0 Å². The summed E-state index contributed by atoms with van der Waals surface area (Å²) >= 11 is 3.45. The number of halogens is 1. The zero-order valence-electron chi connectivity index (χ0n) is 14.3. The minimum absolute atomic E-state index is 0.160. The van der Waals surface area contributed by atoms with Crippen molar-refractivity contribution in [1.29, 1.82) is 0 Å². The second-order valence-corrected chi connectivity index (χ2v) is 6.68. The van der Waals surface area contributed by atoms with Crippen LogP contribution in [-0.2, 0) is 0 Å². The second kappa shape index (κ2) is 8.78. The topological polar surface area (TPSA) is 66.9 Å². The van der Waals surface area contributed by atoms with Crippen LogP contribution in [0, 0.1) is 13.8 Å². The van der Waals surface area contributed by atoms with Crippen LogP contribution >= 0.6 is 15.9 Å². The van der Waals surface area contributed by atoms with Crippen LogP contribution in [0.5, 0.6) is 0 Å². The Labute approximate surface area is 151 Å². The third-order valence-corrected chi connectivity index (χ3v) is 4.08. The van der Waals surface area contributed by atoms with E-state index in [9.17, 15) is 4.79 Å². The summed E-state index contributed by atoms with van der Waals surface area (Å²) in [5.74, 6) is 0.270. The molecule has 0 spiro atoms. The molecule has 0 fully saturated rings. The van der Waals surface area contributed by atoms with Crippen molar-refractivity contribution in [2.45, 2.75) is 40.0 Å². The summed E-state index contributed by atoms with van der Waals surface area (Å²) in [5.41, 5.74) is 3.12. The molecule has 24 heavy (non-hydrogen) atoms. The van der Waals surface area contributed by atoms with Gasteiger partial charge in [0.25, 0.3) is 5.91 Å². The van der Waals surface area contributed by atoms with Crippen molar-refractivity contribution >= 4 is 33.5 Å². The Morgan fingerprint density at radius 2 is 1.96 bits per heavy atom. The molecule has 5 nitrogen and oxygen atoms in total. The number of anilines is 2. The van der Waals surface area contributed by atoms with E-state index in [4.69, 9.17) is 0 Å². The van der Waals surface area contributed by atoms with Gasteiger partial charge < -0.3 is 10.6 Å². The number of amides is 1. The summed E-state index contributed by atoms with van der Waals surface area (Å²) in [4.78, 5) is 21.0. The highest BCUT2D eigenvalue weighted by atomic mass is 79.9. The zero-order valence-corrected chi connectivity index (χ0v) is 15.9. The molecule has 6 heteroatoms. The molecule has 0 radical (unpaired) electrons. The van der Waals surface area contributed by atoms with E-state index in [0.717, 1.165) is 40.7 Å². The Bertz CT molecular complexity index is 718. The average Bonchev–Trinajstić information content (AvgIpc) is 2.53. The van der Waals surface area contributed by atoms with Crippen LogP contribution in [0.1, 0.15) is 47.9 Å². The van der Waals surface area contributed by atoms with Crippen LogP contribution in [0.15, 0.2) is 28.7 Å². The van der Waals surface area contributed by atoms with E-state index >= 15 is 0 Å². The van der Waals surface area contributed by atoms with Crippen molar-refractivity contribution < 1.29 is 4.79 Å². The first-order chi connectivity index (χ1) is 11.5. The molecule has 128 valence electrons. The minimum atomic E-state index is -0.160. The first-order valence-corrected chi connectivity index (χ1v) is 8.96. The lowest BCUT2D eigenvalue weighted by molar-refractivity contribution is 0.0948. The number of hydrogen-bond acceptors (Lipinski definition) is 4. The average molecular weight is 391 g/mol. The maximum Gasteiger partial charge on any atom is 0.270 e. The molecule has 0 unspecified atom stereocenters. The lowest BCUT2D eigenvalue weighted by atomic mass is 10.2. The molecule has 1 amide bonds. The predicted octanol–water partition coefficient (Wildman–Crippen LogP) is 4.52. The first kappa shape index (κ1) is 18.4. The maximum atomic E-state index is 12.2. The summed E-state index contributed by atoms with van der Waals surface area (Å²) in [6.45, 7) is 6.67. The van der Waals surface area contributed by atoms with Crippen LogP contribution in [-0.4, -0.2) is 22.4 Å². The summed E-state index contributed by atoms with van der Waals surface area (Å²) in [6.07, 6.45) is 3.22. The molecular formula is C18H23BrN4O. The van der Waals surface area contributed by atoms with Crippen molar-refractivity contribution in [3.05, 3.63) is 45.7 Å². The van der Waals surface area contributed by atoms with Crippen LogP contribution in [0.4, 0.5) is 11.6 Å². The Kier molecular flexibility index (Phi) is 6.73. The van der Waals surface area contributed by atoms with E-state index < -0.39 is 0 Å². The molecule has 1 aromatic heterocycles. The van der Waals surface area contributed by atoms with E-state index in [0.29, 0.717) is 18.2 Å². The van der Waals surface area contributed by atoms with Crippen LogP contribution in [0.3, 0.4) is 0 Å². The summed E-state index contributed by atoms with van der Waals surface area (Å²) < 4.78 is 1.02. The van der Waals surface area contributed by atoms with Gasteiger partial charge >= 0.3 is 0 Å². The number of nitrogens with zero attached hydrogens (tertiary/aromatic N) is 2. The van der Waals surface area contributed by atoms with Gasteiger partial charge in [-0.2, -0.15) is 0 Å². The number of carbonyl (C=O) groups excluding carboxylic acids is 1. The molecule has 2 rings (SSSR count). The number of hydrogen-bond donors (Lipinski definition) is 2. The van der Waals surface area contributed by atoms with Gasteiger partial charge in [0, 0.05) is 22.4 Å². The quantitative estimate of drug-likeness (QED) is 0.681. The Balaban J connectivity index is 2.11. The highest BCUT2D eigenvalue weighted by Crippen LogP contribution is 2.22. The maximum absolute atomic E-state index is 12.2. The number of rotatable bonds is 7. The van der Waals surface area contributed by atoms with Gasteiger partial charge in [-0.15, -0.1) is 0 Å². The minimum Gasteiger partial charge on any atom is -0.351 e. The summed E-state index contributed by atoms with van der Waals surface area (Å²) in [7, 11) is 0. The number of aromatic nitrogens is 2. The normalized spacial score (nSPS) is 10.5. The van der Waals surface area contributed by atoms with E-state index in [1.54, 1.807) is 6.07 Å². The van der Waals surface area contributed by atoms with E-state index in [1.165, 1.54) is 0 Å². The molecule has 2 aromatic rings. The molecular weight excluding hydrogens is 368 g/mol. The fraction of sp³-hybridized carbons (Fsp3) is 0.389. The van der Waals surface area contributed by atoms with Gasteiger partial charge in [-0.05, 0) is 50.1 Å². The highest BCUT2D eigenvalue weighted by Gasteiger charge is 2.11. The van der Waals surface area contributed by atoms with Crippen LogP contribution < -0.4 is 10.6 Å². The van der Waals surface area contributed by atoms with Gasteiger partial charge in [-0.1, -0.05) is 35.7 Å². The fourth-order valence-electron chi connectivity index (χ4n) is 2.30. The van der Waals surface area contributed by atoms with Gasteiger partial charge in [-0.3, -0.25) is 4.79 Å². The molecule has 2 N–H and O–H groups in total. The number of benzene rings is 1. The van der Waals surface area contributed by atoms with Gasteiger partial charge in [0.05, 0.1) is 0 Å². The standard InChI is InChI=1S/C18H23BrN4O/c1-4-5-6-9-20-17(24)16-11-13(3)21-18(23-16)22-15-8-7-14(19)10-12(15)2/h7-8,10-11H,4-6,9H2,1-3H3,(H,20,24)(H,21,22,23). The van der Waals surface area contributed by atoms with Crippen molar-refractivity contribution in [3.63, 3.8) is 0 Å². The van der Waals surface area contributed by atoms with Gasteiger partial charge in [0.15, 0.2) is 0 Å². The Morgan fingerprint density at radius 3 is 2.67 bits per heavy atom. The zero-order chi connectivity index (χ0) is 17.5. The molecule has 1 aromatic carbocycles. The summed E-state index contributed by atoms with van der Waals surface area (Å²) in [5, 5.41) is 6.10. The fourth-order valence-corrected chi connectivity index (χ4v) is 2.77. The lowest BCUT2D eigenvalue weighted by Gasteiger charge is -2.11. The predicted molar refractivity (Wildman–Crippen MR) is 101 cm³/mol. The molecule has 0 saturated heterocycles. The highest BCUT2D eigenvalue weighted by molar-refractivity contribution is 9.10. The molecule has 0 saturated carbocycles. The molecule has 0 atom stereocenters. The van der Waals surface area contributed by atoms with E-state index in [-0.39, 0.29) is 5.91 Å². The van der Waals surface area contributed by atoms with E-state index in [2.05, 4.69) is 43.5 Å². The van der Waals surface area contributed by atoms with Crippen molar-refractivity contribution in [2.75, 3.05) is 11.9 Å². The van der Waals surface area contributed by atoms with Crippen molar-refractivity contribution in [2.24, 2.45) is 0 Å². The number of unbranched alkanes of at least 4 members (excludes halogenated alkanes) is 2. The molecule has 0 aliphatic carbocycles. The third-order valence-electron chi connectivity index (χ3n) is 3.59. The third kappa shape index (κ3) is 5.30. The smallest absolute Gasteiger partial charge is 0.270 e. The van der Waals surface area contributed by atoms with Crippen molar-refractivity contribution in [1.82, 2.24) is 15.3 Å². The number of aryl methyl sites for hydroxylation is 2. The summed E-state index contributed by atoms with van der Waals surface area (Å²) in [6, 6.07) is 7.62. The molecule has 1 heterocycles.